The summed E-state index contributed by atoms with van der Waals surface area (Å²) >= 11 is 0. The molecule has 7 nitrogen and oxygen atoms in total. The second-order valence-corrected chi connectivity index (χ2v) is 6.62. The SMILES string of the molecule is CN(CC(=O)O)C1CCCN(CC(=O)Nc2ccc(OC(F)F)cc2)CC1.Cl. The van der Waals surface area contributed by atoms with Gasteiger partial charge in [0.25, 0.3) is 0 Å². The number of likely N-dealkylation sites (tertiary alicyclic amines) is 1. The van der Waals surface area contributed by atoms with E-state index in [1.54, 1.807) is 0 Å². The van der Waals surface area contributed by atoms with E-state index in [0.717, 1.165) is 25.8 Å². The Morgan fingerprint density at radius 2 is 1.96 bits per heavy atom. The molecule has 1 atom stereocenters. The number of anilines is 1. The highest BCUT2D eigenvalue weighted by atomic mass is 35.5. The zero-order valence-corrected chi connectivity index (χ0v) is 16.5. The summed E-state index contributed by atoms with van der Waals surface area (Å²) < 4.78 is 28.5. The molecule has 1 aliphatic rings. The number of likely N-dealkylation sites (N-methyl/N-ethyl adjacent to an activating group) is 1. The third kappa shape index (κ3) is 8.37. The molecular formula is C18H26ClF2N3O4. The van der Waals surface area contributed by atoms with Crippen LogP contribution in [-0.2, 0) is 9.59 Å². The van der Waals surface area contributed by atoms with Gasteiger partial charge in [-0.05, 0) is 57.1 Å². The number of halogens is 3. The Balaban J connectivity index is 0.00000392. The van der Waals surface area contributed by atoms with E-state index in [1.165, 1.54) is 24.3 Å². The van der Waals surface area contributed by atoms with Gasteiger partial charge in [-0.1, -0.05) is 0 Å². The van der Waals surface area contributed by atoms with E-state index in [2.05, 4.69) is 10.1 Å². The van der Waals surface area contributed by atoms with Crippen LogP contribution in [0.3, 0.4) is 0 Å². The van der Waals surface area contributed by atoms with Crippen molar-refractivity contribution in [3.63, 3.8) is 0 Å². The molecule has 1 aliphatic heterocycles. The molecule has 2 rings (SSSR count). The number of aliphatic carboxylic acids is 1. The van der Waals surface area contributed by atoms with E-state index in [-0.39, 0.29) is 43.2 Å². The molecule has 1 fully saturated rings. The Bertz CT molecular complexity index is 634. The average molecular weight is 422 g/mol. The Kier molecular flexibility index (Phi) is 10.1. The molecule has 0 aromatic heterocycles. The summed E-state index contributed by atoms with van der Waals surface area (Å²) in [5.41, 5.74) is 0.510. The molecule has 1 heterocycles. The predicted octanol–water partition coefficient (Wildman–Crippen LogP) is 2.52. The molecule has 158 valence electrons. The van der Waals surface area contributed by atoms with Crippen LogP contribution >= 0.6 is 12.4 Å². The summed E-state index contributed by atoms with van der Waals surface area (Å²) in [4.78, 5) is 27.0. The lowest BCUT2D eigenvalue weighted by molar-refractivity contribution is -0.138. The summed E-state index contributed by atoms with van der Waals surface area (Å²) in [5.74, 6) is -0.996. The molecule has 0 saturated carbocycles. The average Bonchev–Trinajstić information content (AvgIpc) is 2.81. The second-order valence-electron chi connectivity index (χ2n) is 6.62. The quantitative estimate of drug-likeness (QED) is 0.671. The van der Waals surface area contributed by atoms with Gasteiger partial charge in [-0.25, -0.2) is 0 Å². The third-order valence-electron chi connectivity index (χ3n) is 4.53. The molecule has 1 amide bonds. The van der Waals surface area contributed by atoms with E-state index in [0.29, 0.717) is 12.2 Å². The molecule has 2 N–H and O–H groups in total. The van der Waals surface area contributed by atoms with Crippen LogP contribution < -0.4 is 10.1 Å². The highest BCUT2D eigenvalue weighted by Gasteiger charge is 2.22. The number of carbonyl (C=O) groups excluding carboxylic acids is 1. The molecule has 10 heteroatoms. The largest absolute Gasteiger partial charge is 0.480 e. The zero-order chi connectivity index (χ0) is 19.8. The Morgan fingerprint density at radius 1 is 1.29 bits per heavy atom. The summed E-state index contributed by atoms with van der Waals surface area (Å²) in [6, 6.07) is 5.95. The van der Waals surface area contributed by atoms with E-state index in [9.17, 15) is 18.4 Å². The van der Waals surface area contributed by atoms with Gasteiger partial charge in [-0.15, -0.1) is 12.4 Å². The molecule has 1 aromatic carbocycles. The number of carboxylic acid groups (broad SMARTS) is 1. The summed E-state index contributed by atoms with van der Waals surface area (Å²) in [6.07, 6.45) is 2.59. The van der Waals surface area contributed by atoms with Gasteiger partial charge < -0.3 is 15.2 Å². The number of alkyl halides is 2. The molecule has 0 spiro atoms. The summed E-state index contributed by atoms with van der Waals surface area (Å²) in [7, 11) is 1.81. The lowest BCUT2D eigenvalue weighted by atomic mass is 10.1. The smallest absolute Gasteiger partial charge is 0.387 e. The normalized spacial score (nSPS) is 17.7. The lowest BCUT2D eigenvalue weighted by Crippen LogP contribution is -2.37. The summed E-state index contributed by atoms with van der Waals surface area (Å²) in [5, 5.41) is 11.6. The van der Waals surface area contributed by atoms with Crippen molar-refractivity contribution in [2.24, 2.45) is 0 Å². The number of hydrogen-bond acceptors (Lipinski definition) is 5. The van der Waals surface area contributed by atoms with Crippen LogP contribution in [0.5, 0.6) is 5.75 Å². The number of benzene rings is 1. The first-order chi connectivity index (χ1) is 12.8. The third-order valence-corrected chi connectivity index (χ3v) is 4.53. The highest BCUT2D eigenvalue weighted by molar-refractivity contribution is 5.92. The number of ether oxygens (including phenoxy) is 1. The molecule has 0 radical (unpaired) electrons. The minimum atomic E-state index is -2.88. The fourth-order valence-electron chi connectivity index (χ4n) is 3.20. The first kappa shape index (κ1) is 24.1. The van der Waals surface area contributed by atoms with E-state index in [1.807, 2.05) is 16.8 Å². The van der Waals surface area contributed by atoms with Gasteiger partial charge in [0.1, 0.15) is 5.75 Å². The van der Waals surface area contributed by atoms with Crippen molar-refractivity contribution in [3.05, 3.63) is 24.3 Å². The van der Waals surface area contributed by atoms with Gasteiger partial charge in [0.05, 0.1) is 13.1 Å². The number of amides is 1. The van der Waals surface area contributed by atoms with Gasteiger partial charge in [-0.3, -0.25) is 19.4 Å². The molecule has 0 bridgehead atoms. The van der Waals surface area contributed by atoms with Crippen molar-refractivity contribution in [3.8, 4) is 5.75 Å². The van der Waals surface area contributed by atoms with Gasteiger partial charge in [0, 0.05) is 18.3 Å². The maximum atomic E-state index is 12.2. The highest BCUT2D eigenvalue weighted by Crippen LogP contribution is 2.18. The van der Waals surface area contributed by atoms with Crippen LogP contribution in [0.25, 0.3) is 0 Å². The fraction of sp³-hybridized carbons (Fsp3) is 0.556. The molecule has 1 aromatic rings. The number of hydrogen-bond donors (Lipinski definition) is 2. The Labute approximate surface area is 169 Å². The zero-order valence-electron chi connectivity index (χ0n) is 15.6. The number of nitrogens with one attached hydrogen (secondary N) is 1. The van der Waals surface area contributed by atoms with Crippen LogP contribution in [0.1, 0.15) is 19.3 Å². The number of carbonyl (C=O) groups is 2. The first-order valence-corrected chi connectivity index (χ1v) is 8.82. The monoisotopic (exact) mass is 421 g/mol. The van der Waals surface area contributed by atoms with Crippen molar-refractivity contribution in [1.82, 2.24) is 9.80 Å². The predicted molar refractivity (Wildman–Crippen MR) is 103 cm³/mol. The number of carboxylic acids is 1. The number of rotatable bonds is 8. The van der Waals surface area contributed by atoms with Gasteiger partial charge >= 0.3 is 12.6 Å². The maximum absolute atomic E-state index is 12.2. The standard InChI is InChI=1S/C18H25F2N3O4.ClH/c1-22(12-17(25)26)14-3-2-9-23(10-8-14)11-16(24)21-13-4-6-15(7-5-13)27-18(19)20;/h4-7,14,18H,2-3,8-12H2,1H3,(H,21,24)(H,25,26);1H. The fourth-order valence-corrected chi connectivity index (χ4v) is 3.20. The van der Waals surface area contributed by atoms with Crippen LogP contribution in [0, 0.1) is 0 Å². The van der Waals surface area contributed by atoms with Crippen molar-refractivity contribution in [2.75, 3.05) is 38.5 Å². The van der Waals surface area contributed by atoms with Crippen LogP contribution in [-0.4, -0.2) is 72.7 Å². The maximum Gasteiger partial charge on any atom is 0.387 e. The number of nitrogens with zero attached hydrogens (tertiary/aromatic N) is 2. The Morgan fingerprint density at radius 3 is 2.57 bits per heavy atom. The van der Waals surface area contributed by atoms with Crippen LogP contribution in [0.2, 0.25) is 0 Å². The molecule has 1 saturated heterocycles. The van der Waals surface area contributed by atoms with Gasteiger partial charge in [-0.2, -0.15) is 8.78 Å². The van der Waals surface area contributed by atoms with E-state index >= 15 is 0 Å². The minimum Gasteiger partial charge on any atom is -0.480 e. The van der Waals surface area contributed by atoms with Crippen molar-refractivity contribution >= 4 is 30.0 Å². The van der Waals surface area contributed by atoms with Crippen molar-refractivity contribution in [2.45, 2.75) is 31.9 Å². The van der Waals surface area contributed by atoms with Gasteiger partial charge in [0.15, 0.2) is 0 Å². The van der Waals surface area contributed by atoms with E-state index < -0.39 is 12.6 Å². The van der Waals surface area contributed by atoms with Crippen molar-refractivity contribution in [1.29, 1.82) is 0 Å². The molecular weight excluding hydrogens is 396 g/mol. The topological polar surface area (TPSA) is 82.1 Å². The lowest BCUT2D eigenvalue weighted by Gasteiger charge is -2.25. The molecule has 28 heavy (non-hydrogen) atoms. The Hall–Kier alpha value is -1.97. The molecule has 0 aliphatic carbocycles. The van der Waals surface area contributed by atoms with Crippen molar-refractivity contribution < 1.29 is 28.2 Å². The minimum absolute atomic E-state index is 0. The van der Waals surface area contributed by atoms with Crippen LogP contribution in [0.15, 0.2) is 24.3 Å². The first-order valence-electron chi connectivity index (χ1n) is 8.82. The van der Waals surface area contributed by atoms with Gasteiger partial charge in [0.2, 0.25) is 5.91 Å². The molecule has 1 unspecified atom stereocenters. The second kappa shape index (κ2) is 11.8. The van der Waals surface area contributed by atoms with Crippen LogP contribution in [0.4, 0.5) is 14.5 Å². The summed E-state index contributed by atoms with van der Waals surface area (Å²) in [6.45, 7) is -1.16. The van der Waals surface area contributed by atoms with E-state index in [4.69, 9.17) is 5.11 Å².